The SMILES string of the molecule is CC(=O)/C=C/[Se]C#N. The van der Waals surface area contributed by atoms with Crippen LogP contribution in [0.15, 0.2) is 11.1 Å². The van der Waals surface area contributed by atoms with Crippen molar-refractivity contribution in [3.05, 3.63) is 11.1 Å². The fourth-order valence-electron chi connectivity index (χ4n) is 0.160. The van der Waals surface area contributed by atoms with Crippen LogP contribution in [0.4, 0.5) is 0 Å². The van der Waals surface area contributed by atoms with E-state index in [0.29, 0.717) is 0 Å². The third-order valence-electron chi connectivity index (χ3n) is 0.423. The number of carbonyl (C=O) groups excluding carboxylic acids is 1. The Morgan fingerprint density at radius 2 is 2.50 bits per heavy atom. The number of rotatable bonds is 2. The second-order valence-electron chi connectivity index (χ2n) is 1.12. The Morgan fingerprint density at radius 1 is 1.88 bits per heavy atom. The molecule has 0 N–H and O–H groups in total. The Bertz CT molecular complexity index is 145. The van der Waals surface area contributed by atoms with Gasteiger partial charge in [0.25, 0.3) is 0 Å². The first-order valence-corrected chi connectivity index (χ1v) is 3.84. The van der Waals surface area contributed by atoms with E-state index in [1.54, 1.807) is 4.97 Å². The summed E-state index contributed by atoms with van der Waals surface area (Å²) in [5, 5.41) is 7.99. The molecule has 8 heavy (non-hydrogen) atoms. The first-order valence-electron chi connectivity index (χ1n) is 1.99. The van der Waals surface area contributed by atoms with Gasteiger partial charge in [0.1, 0.15) is 0 Å². The minimum absolute atomic E-state index is 0.00197. The number of nitrogens with zero attached hydrogens (tertiary/aromatic N) is 1. The summed E-state index contributed by atoms with van der Waals surface area (Å²) in [5.74, 6) is 0.00197. The summed E-state index contributed by atoms with van der Waals surface area (Å²) in [5.41, 5.74) is 0. The molecule has 0 rings (SSSR count). The van der Waals surface area contributed by atoms with Crippen LogP contribution in [0.2, 0.25) is 0 Å². The number of ketones is 1. The van der Waals surface area contributed by atoms with Crippen molar-refractivity contribution in [1.82, 2.24) is 0 Å². The standard InChI is InChI=1S/C5H5NOSe/c1-5(7)2-3-8-4-6/h2-3H,1H3/b3-2+. The van der Waals surface area contributed by atoms with Crippen molar-refractivity contribution >= 4 is 20.7 Å². The summed E-state index contributed by atoms with van der Waals surface area (Å²) < 4.78 is 0. The van der Waals surface area contributed by atoms with Gasteiger partial charge in [0, 0.05) is 0 Å². The molecule has 0 aliphatic heterocycles. The molecular weight excluding hydrogens is 169 g/mol. The van der Waals surface area contributed by atoms with Crippen LogP contribution in [-0.4, -0.2) is 20.7 Å². The van der Waals surface area contributed by atoms with Gasteiger partial charge >= 0.3 is 53.7 Å². The van der Waals surface area contributed by atoms with E-state index < -0.39 is 0 Å². The summed E-state index contributed by atoms with van der Waals surface area (Å²) in [4.78, 5) is 13.7. The van der Waals surface area contributed by atoms with Gasteiger partial charge in [0.05, 0.1) is 0 Å². The van der Waals surface area contributed by atoms with Gasteiger partial charge in [-0.3, -0.25) is 0 Å². The first kappa shape index (κ1) is 7.42. The monoisotopic (exact) mass is 175 g/mol. The number of carbonyl (C=O) groups is 1. The van der Waals surface area contributed by atoms with Gasteiger partial charge in [-0.15, -0.1) is 0 Å². The Kier molecular flexibility index (Phi) is 4.24. The molecule has 42 valence electrons. The third kappa shape index (κ3) is 5.42. The van der Waals surface area contributed by atoms with Gasteiger partial charge < -0.3 is 0 Å². The van der Waals surface area contributed by atoms with Crippen molar-refractivity contribution in [2.45, 2.75) is 6.92 Å². The zero-order valence-corrected chi connectivity index (χ0v) is 6.13. The van der Waals surface area contributed by atoms with Gasteiger partial charge in [-0.1, -0.05) is 0 Å². The van der Waals surface area contributed by atoms with E-state index in [9.17, 15) is 4.79 Å². The molecule has 0 spiro atoms. The van der Waals surface area contributed by atoms with Crippen molar-refractivity contribution in [3.8, 4) is 4.97 Å². The maximum absolute atomic E-state index is 10.1. The Labute approximate surface area is 54.3 Å². The fourth-order valence-corrected chi connectivity index (χ4v) is 0.833. The number of hydrogen-bond donors (Lipinski definition) is 0. The number of nitriles is 1. The Morgan fingerprint density at radius 3 is 2.88 bits per heavy atom. The van der Waals surface area contributed by atoms with Crippen molar-refractivity contribution in [1.29, 1.82) is 5.26 Å². The van der Waals surface area contributed by atoms with Crippen LogP contribution >= 0.6 is 0 Å². The molecule has 0 aromatic heterocycles. The number of allylic oxidation sites excluding steroid dienone is 1. The van der Waals surface area contributed by atoms with Crippen molar-refractivity contribution < 1.29 is 4.79 Å². The summed E-state index contributed by atoms with van der Waals surface area (Å²) in [6.45, 7) is 1.46. The molecule has 0 unspecified atom stereocenters. The topological polar surface area (TPSA) is 40.9 Å². The summed E-state index contributed by atoms with van der Waals surface area (Å²) in [6.07, 6.45) is 1.42. The van der Waals surface area contributed by atoms with E-state index in [-0.39, 0.29) is 20.7 Å². The average Bonchev–Trinajstić information content (AvgIpc) is 1.66. The van der Waals surface area contributed by atoms with E-state index >= 15 is 0 Å². The normalized spacial score (nSPS) is 9.00. The molecule has 0 amide bonds. The van der Waals surface area contributed by atoms with Gasteiger partial charge in [0.15, 0.2) is 0 Å². The van der Waals surface area contributed by atoms with Crippen LogP contribution in [0, 0.1) is 10.2 Å². The first-order chi connectivity index (χ1) is 3.77. The van der Waals surface area contributed by atoms with E-state index in [2.05, 4.69) is 0 Å². The molecule has 0 aromatic rings. The molecule has 0 saturated heterocycles. The van der Waals surface area contributed by atoms with Crippen molar-refractivity contribution in [3.63, 3.8) is 0 Å². The molecule has 0 radical (unpaired) electrons. The van der Waals surface area contributed by atoms with Gasteiger partial charge in [-0.05, 0) is 0 Å². The van der Waals surface area contributed by atoms with Crippen LogP contribution in [-0.2, 0) is 4.79 Å². The molecule has 2 nitrogen and oxygen atoms in total. The van der Waals surface area contributed by atoms with E-state index in [4.69, 9.17) is 5.26 Å². The molecule has 0 aliphatic rings. The molecule has 0 aliphatic carbocycles. The van der Waals surface area contributed by atoms with E-state index in [0.717, 1.165) is 0 Å². The van der Waals surface area contributed by atoms with Crippen LogP contribution in [0.5, 0.6) is 0 Å². The molecule has 3 heteroatoms. The Balaban J connectivity index is 3.38. The minimum atomic E-state index is -0.147. The van der Waals surface area contributed by atoms with Gasteiger partial charge in [0.2, 0.25) is 0 Å². The molecule has 0 bridgehead atoms. The maximum atomic E-state index is 10.1. The molecule has 0 saturated carbocycles. The Hall–Kier alpha value is -0.581. The van der Waals surface area contributed by atoms with Gasteiger partial charge in [-0.25, -0.2) is 0 Å². The van der Waals surface area contributed by atoms with Crippen LogP contribution in [0.25, 0.3) is 0 Å². The number of hydrogen-bond acceptors (Lipinski definition) is 2. The second-order valence-corrected chi connectivity index (χ2v) is 2.57. The summed E-state index contributed by atoms with van der Waals surface area (Å²) in [6, 6.07) is 0. The zero-order valence-electron chi connectivity index (χ0n) is 4.42. The molecular formula is C5H5NOSe. The summed E-state index contributed by atoms with van der Waals surface area (Å²) in [7, 11) is 0. The van der Waals surface area contributed by atoms with Crippen molar-refractivity contribution in [2.24, 2.45) is 0 Å². The van der Waals surface area contributed by atoms with E-state index in [1.807, 2.05) is 4.97 Å². The van der Waals surface area contributed by atoms with Gasteiger partial charge in [-0.2, -0.15) is 0 Å². The predicted octanol–water partition coefficient (Wildman–Crippen LogP) is 0.274. The molecule has 0 atom stereocenters. The fraction of sp³-hybridized carbons (Fsp3) is 0.200. The molecule has 0 heterocycles. The van der Waals surface area contributed by atoms with Crippen LogP contribution in [0.3, 0.4) is 0 Å². The van der Waals surface area contributed by atoms with E-state index in [1.165, 1.54) is 13.0 Å². The zero-order chi connectivity index (χ0) is 6.41. The quantitative estimate of drug-likeness (QED) is 0.445. The van der Waals surface area contributed by atoms with Crippen LogP contribution < -0.4 is 0 Å². The average molecular weight is 174 g/mol. The predicted molar refractivity (Wildman–Crippen MR) is 31.2 cm³/mol. The molecule has 0 aromatic carbocycles. The molecule has 0 fully saturated rings. The van der Waals surface area contributed by atoms with Crippen LogP contribution in [0.1, 0.15) is 6.92 Å². The third-order valence-corrected chi connectivity index (χ3v) is 1.22. The second kappa shape index (κ2) is 4.58. The summed E-state index contributed by atoms with van der Waals surface area (Å²) >= 11 is -0.147. The van der Waals surface area contributed by atoms with Crippen molar-refractivity contribution in [2.75, 3.05) is 0 Å².